The number of esters is 1. The van der Waals surface area contributed by atoms with Crippen LogP contribution in [0.5, 0.6) is 0 Å². The molecule has 4 nitrogen and oxygen atoms in total. The van der Waals surface area contributed by atoms with E-state index in [-0.39, 0.29) is 4.88 Å². The lowest BCUT2D eigenvalue weighted by Crippen LogP contribution is -2.19. The van der Waals surface area contributed by atoms with Crippen molar-refractivity contribution >= 4 is 28.9 Å². The summed E-state index contributed by atoms with van der Waals surface area (Å²) in [6, 6.07) is 6.23. The Hall–Kier alpha value is -2.48. The van der Waals surface area contributed by atoms with Crippen LogP contribution in [0.3, 0.4) is 0 Å². The Morgan fingerprint density at radius 3 is 2.24 bits per heavy atom. The Morgan fingerprint density at radius 1 is 1.12 bits per heavy atom. The van der Waals surface area contributed by atoms with Gasteiger partial charge in [0.15, 0.2) is 5.78 Å². The molecule has 0 aliphatic carbocycles. The molecule has 0 aliphatic heterocycles. The Morgan fingerprint density at radius 2 is 1.72 bits per heavy atom. The molecule has 0 saturated carbocycles. The smallest absolute Gasteiger partial charge is 0.416 e. The number of methoxy groups -OCH3 is 1. The summed E-state index contributed by atoms with van der Waals surface area (Å²) in [6.45, 7) is 1.65. The van der Waals surface area contributed by atoms with Gasteiger partial charge in [-0.15, -0.1) is 11.3 Å². The molecule has 132 valence electrons. The van der Waals surface area contributed by atoms with Crippen molar-refractivity contribution in [2.75, 3.05) is 7.11 Å². The highest BCUT2D eigenvalue weighted by molar-refractivity contribution is 7.17. The maximum atomic E-state index is 12.6. The third-order valence-corrected chi connectivity index (χ3v) is 4.73. The zero-order valence-corrected chi connectivity index (χ0v) is 14.1. The Balaban J connectivity index is 2.23. The van der Waals surface area contributed by atoms with E-state index in [9.17, 15) is 27.6 Å². The first-order valence-corrected chi connectivity index (χ1v) is 7.87. The van der Waals surface area contributed by atoms with Crippen molar-refractivity contribution in [1.29, 1.82) is 0 Å². The lowest BCUT2D eigenvalue weighted by atomic mass is 10.1. The van der Waals surface area contributed by atoms with Crippen LogP contribution in [0, 0.1) is 6.92 Å². The SMILES string of the molecule is COC(=O)C(=O)CC(=O)c1sc(-c2ccc(C(F)(F)F)cc2)cc1C. The molecule has 0 fully saturated rings. The van der Waals surface area contributed by atoms with Crippen LogP contribution in [-0.2, 0) is 20.5 Å². The molecule has 1 aromatic carbocycles. The quantitative estimate of drug-likeness (QED) is 0.345. The molecule has 0 amide bonds. The number of carbonyl (C=O) groups excluding carboxylic acids is 3. The number of thiophene rings is 1. The standard InChI is InChI=1S/C17H13F3O4S/c1-9-7-14(10-3-5-11(6-4-10)17(18,19)20)25-15(9)12(21)8-13(22)16(23)24-2/h3-7H,8H2,1-2H3. The van der Waals surface area contributed by atoms with Gasteiger partial charge in [-0.2, -0.15) is 13.2 Å². The molecule has 1 aromatic heterocycles. The van der Waals surface area contributed by atoms with E-state index in [1.807, 2.05) is 0 Å². The topological polar surface area (TPSA) is 60.4 Å². The number of ketones is 2. The molecule has 0 radical (unpaired) electrons. The zero-order chi connectivity index (χ0) is 18.8. The minimum absolute atomic E-state index is 0.284. The van der Waals surface area contributed by atoms with Crippen LogP contribution < -0.4 is 0 Å². The number of hydrogen-bond donors (Lipinski definition) is 0. The van der Waals surface area contributed by atoms with Crippen molar-refractivity contribution in [1.82, 2.24) is 0 Å². The molecule has 2 rings (SSSR count). The van der Waals surface area contributed by atoms with Gasteiger partial charge in [-0.3, -0.25) is 9.59 Å². The largest absolute Gasteiger partial charge is 0.463 e. The predicted molar refractivity (Wildman–Crippen MR) is 85.5 cm³/mol. The monoisotopic (exact) mass is 370 g/mol. The second kappa shape index (κ2) is 7.18. The average molecular weight is 370 g/mol. The van der Waals surface area contributed by atoms with Crippen molar-refractivity contribution in [3.8, 4) is 10.4 Å². The number of ether oxygens (including phenoxy) is 1. The highest BCUT2D eigenvalue weighted by atomic mass is 32.1. The summed E-state index contributed by atoms with van der Waals surface area (Å²) in [5, 5.41) is 0. The second-order valence-electron chi connectivity index (χ2n) is 5.21. The van der Waals surface area contributed by atoms with Crippen molar-refractivity contribution in [2.24, 2.45) is 0 Å². The Labute approximate surface area is 145 Å². The van der Waals surface area contributed by atoms with E-state index >= 15 is 0 Å². The van der Waals surface area contributed by atoms with Crippen LogP contribution in [0.15, 0.2) is 30.3 Å². The lowest BCUT2D eigenvalue weighted by molar-refractivity contribution is -0.151. The molecular weight excluding hydrogens is 357 g/mol. The van der Waals surface area contributed by atoms with Crippen LogP contribution in [0.1, 0.15) is 27.2 Å². The number of rotatable bonds is 5. The number of alkyl halides is 3. The van der Waals surface area contributed by atoms with Crippen molar-refractivity contribution in [3.05, 3.63) is 46.3 Å². The zero-order valence-electron chi connectivity index (χ0n) is 13.3. The molecule has 2 aromatic rings. The number of halogens is 3. The van der Waals surface area contributed by atoms with E-state index in [2.05, 4.69) is 4.74 Å². The Kier molecular flexibility index (Phi) is 5.42. The van der Waals surface area contributed by atoms with E-state index in [0.717, 1.165) is 30.6 Å². The van der Waals surface area contributed by atoms with E-state index in [4.69, 9.17) is 0 Å². The minimum atomic E-state index is -4.42. The first-order valence-electron chi connectivity index (χ1n) is 7.06. The molecule has 25 heavy (non-hydrogen) atoms. The molecule has 1 heterocycles. The highest BCUT2D eigenvalue weighted by Crippen LogP contribution is 2.35. The van der Waals surface area contributed by atoms with Crippen LogP contribution in [0.4, 0.5) is 13.2 Å². The maximum Gasteiger partial charge on any atom is 0.416 e. The normalized spacial score (nSPS) is 11.2. The summed E-state index contributed by atoms with van der Waals surface area (Å²) in [5.41, 5.74) is 0.353. The van der Waals surface area contributed by atoms with Gasteiger partial charge >= 0.3 is 12.1 Å². The Bertz CT molecular complexity index is 819. The molecule has 8 heteroatoms. The van der Waals surface area contributed by atoms with Crippen molar-refractivity contribution in [2.45, 2.75) is 19.5 Å². The predicted octanol–water partition coefficient (Wildman–Crippen LogP) is 4.06. The molecule has 0 atom stereocenters. The molecular formula is C17H13F3O4S. The van der Waals surface area contributed by atoms with Gasteiger partial charge in [0.05, 0.1) is 24.0 Å². The molecule has 0 saturated heterocycles. The van der Waals surface area contributed by atoms with E-state index in [1.165, 1.54) is 12.1 Å². The first kappa shape index (κ1) is 18.9. The van der Waals surface area contributed by atoms with Gasteiger partial charge in [0.1, 0.15) is 0 Å². The molecule has 0 aliphatic rings. The number of hydrogen-bond acceptors (Lipinski definition) is 5. The second-order valence-corrected chi connectivity index (χ2v) is 6.26. The van der Waals surface area contributed by atoms with E-state index in [0.29, 0.717) is 16.0 Å². The maximum absolute atomic E-state index is 12.6. The first-order chi connectivity index (χ1) is 11.6. The number of aryl methyl sites for hydroxylation is 1. The van der Waals surface area contributed by atoms with Gasteiger partial charge in [0, 0.05) is 4.88 Å². The van der Waals surface area contributed by atoms with E-state index in [1.54, 1.807) is 13.0 Å². The summed E-state index contributed by atoms with van der Waals surface area (Å²) in [5.74, 6) is -2.57. The van der Waals surface area contributed by atoms with Gasteiger partial charge in [-0.1, -0.05) is 12.1 Å². The lowest BCUT2D eigenvalue weighted by Gasteiger charge is -2.06. The van der Waals surface area contributed by atoms with Gasteiger partial charge in [0.25, 0.3) is 0 Å². The minimum Gasteiger partial charge on any atom is -0.463 e. The van der Waals surface area contributed by atoms with Crippen LogP contribution in [0.2, 0.25) is 0 Å². The van der Waals surface area contributed by atoms with Crippen LogP contribution >= 0.6 is 11.3 Å². The van der Waals surface area contributed by atoms with Crippen LogP contribution in [-0.4, -0.2) is 24.6 Å². The summed E-state index contributed by atoms with van der Waals surface area (Å²) < 4.78 is 42.1. The third-order valence-electron chi connectivity index (χ3n) is 3.40. The molecule has 0 N–H and O–H groups in total. The van der Waals surface area contributed by atoms with Gasteiger partial charge < -0.3 is 4.74 Å². The number of Topliss-reactive ketones (excluding diaryl/α,β-unsaturated/α-hetero) is 2. The summed E-state index contributed by atoms with van der Waals surface area (Å²) >= 11 is 1.06. The fourth-order valence-electron chi connectivity index (χ4n) is 2.14. The molecule has 0 unspecified atom stereocenters. The fourth-order valence-corrected chi connectivity index (χ4v) is 3.25. The van der Waals surface area contributed by atoms with E-state index < -0.39 is 35.7 Å². The highest BCUT2D eigenvalue weighted by Gasteiger charge is 2.30. The third kappa shape index (κ3) is 4.33. The number of carbonyl (C=O) groups is 3. The number of benzene rings is 1. The van der Waals surface area contributed by atoms with Crippen LogP contribution in [0.25, 0.3) is 10.4 Å². The molecule has 0 bridgehead atoms. The van der Waals surface area contributed by atoms with Gasteiger partial charge in [-0.25, -0.2) is 4.79 Å². The summed E-state index contributed by atoms with van der Waals surface area (Å²) in [6.07, 6.45) is -5.03. The summed E-state index contributed by atoms with van der Waals surface area (Å²) in [7, 11) is 1.05. The van der Waals surface area contributed by atoms with Gasteiger partial charge in [-0.05, 0) is 36.2 Å². The average Bonchev–Trinajstić information content (AvgIpc) is 2.95. The van der Waals surface area contributed by atoms with Crippen molar-refractivity contribution < 1.29 is 32.3 Å². The fraction of sp³-hybridized carbons (Fsp3) is 0.235. The summed E-state index contributed by atoms with van der Waals surface area (Å²) in [4.78, 5) is 35.6. The molecule has 0 spiro atoms. The van der Waals surface area contributed by atoms with Crippen molar-refractivity contribution in [3.63, 3.8) is 0 Å². The van der Waals surface area contributed by atoms with Gasteiger partial charge in [0.2, 0.25) is 5.78 Å².